The third-order valence-electron chi connectivity index (χ3n) is 4.14. The van der Waals surface area contributed by atoms with Gasteiger partial charge in [0.25, 0.3) is 0 Å². The monoisotopic (exact) mass is 330 g/mol. The lowest BCUT2D eigenvalue weighted by atomic mass is 9.90. The van der Waals surface area contributed by atoms with E-state index < -0.39 is 11.9 Å². The molecule has 1 aromatic carbocycles. The summed E-state index contributed by atoms with van der Waals surface area (Å²) in [5, 5.41) is 20.5. The Morgan fingerprint density at radius 2 is 2.08 bits per heavy atom. The molecule has 0 aromatic heterocycles. The number of phenols is 1. The molecule has 0 bridgehead atoms. The van der Waals surface area contributed by atoms with E-state index >= 15 is 0 Å². The number of Topliss-reactive ketones (excluding diaryl/α,β-unsaturated/α-hetero) is 1. The minimum absolute atomic E-state index is 0.121. The molecule has 5 heteroatoms. The van der Waals surface area contributed by atoms with Crippen LogP contribution in [0.3, 0.4) is 0 Å². The van der Waals surface area contributed by atoms with Crippen molar-refractivity contribution in [1.29, 1.82) is 0 Å². The first-order valence-electron chi connectivity index (χ1n) is 8.01. The smallest absolute Gasteiger partial charge is 0.204 e. The zero-order valence-electron chi connectivity index (χ0n) is 14.3. The largest absolute Gasteiger partial charge is 0.507 e. The third-order valence-corrected chi connectivity index (χ3v) is 4.14. The van der Waals surface area contributed by atoms with Crippen molar-refractivity contribution in [1.82, 2.24) is 0 Å². The second-order valence-corrected chi connectivity index (χ2v) is 7.00. The Hall–Kier alpha value is -2.27. The van der Waals surface area contributed by atoms with Crippen LogP contribution in [0.25, 0.3) is 6.08 Å². The second kappa shape index (κ2) is 5.67. The number of aromatic hydroxyl groups is 1. The summed E-state index contributed by atoms with van der Waals surface area (Å²) in [7, 11) is 0. The van der Waals surface area contributed by atoms with Gasteiger partial charge in [0.15, 0.2) is 5.78 Å². The number of aliphatic hydroxyl groups excluding tert-OH is 1. The highest BCUT2D eigenvalue weighted by atomic mass is 16.6. The summed E-state index contributed by atoms with van der Waals surface area (Å²) >= 11 is 0. The van der Waals surface area contributed by atoms with E-state index in [2.05, 4.69) is 0 Å². The number of benzene rings is 1. The van der Waals surface area contributed by atoms with Crippen LogP contribution in [-0.4, -0.2) is 27.9 Å². The van der Waals surface area contributed by atoms with Gasteiger partial charge in [-0.1, -0.05) is 11.6 Å². The molecule has 0 amide bonds. The lowest BCUT2D eigenvalue weighted by molar-refractivity contribution is -0.0253. The molecule has 2 heterocycles. The first-order valence-corrected chi connectivity index (χ1v) is 8.01. The molecule has 1 aromatic rings. The molecule has 0 radical (unpaired) electrons. The lowest BCUT2D eigenvalue weighted by Crippen LogP contribution is -2.31. The maximum absolute atomic E-state index is 12.3. The van der Waals surface area contributed by atoms with Crippen LogP contribution in [0.15, 0.2) is 17.7 Å². The number of phenolic OH excluding ortho intramolecular Hbond substituents is 1. The van der Waals surface area contributed by atoms with Crippen molar-refractivity contribution in [3.63, 3.8) is 0 Å². The van der Waals surface area contributed by atoms with Crippen LogP contribution in [0.5, 0.6) is 17.2 Å². The zero-order chi connectivity index (χ0) is 17.6. The Labute approximate surface area is 141 Å². The Balaban J connectivity index is 2.27. The number of fused-ring (bicyclic) bond motifs is 3. The van der Waals surface area contributed by atoms with Gasteiger partial charge in [-0.15, -0.1) is 0 Å². The molecule has 0 spiro atoms. The number of rotatable bonds is 2. The maximum Gasteiger partial charge on any atom is 0.204 e. The summed E-state index contributed by atoms with van der Waals surface area (Å²) in [5.41, 5.74) is 1.85. The molecule has 2 N–H and O–H groups in total. The van der Waals surface area contributed by atoms with Gasteiger partial charge in [0.05, 0.1) is 12.0 Å². The van der Waals surface area contributed by atoms with Crippen LogP contribution in [0, 0.1) is 0 Å². The van der Waals surface area contributed by atoms with E-state index in [-0.39, 0.29) is 29.3 Å². The lowest BCUT2D eigenvalue weighted by Gasteiger charge is -2.33. The average molecular weight is 330 g/mol. The van der Waals surface area contributed by atoms with E-state index in [9.17, 15) is 15.0 Å². The highest BCUT2D eigenvalue weighted by Crippen LogP contribution is 2.49. The van der Waals surface area contributed by atoms with Crippen LogP contribution < -0.4 is 9.47 Å². The molecule has 3 rings (SSSR count). The first kappa shape index (κ1) is 16.6. The molecule has 0 saturated heterocycles. The topological polar surface area (TPSA) is 76.0 Å². The maximum atomic E-state index is 12.3. The zero-order valence-corrected chi connectivity index (χ0v) is 14.3. The number of allylic oxidation sites excluding steroid dienone is 2. The quantitative estimate of drug-likeness (QED) is 0.813. The van der Waals surface area contributed by atoms with Gasteiger partial charge >= 0.3 is 0 Å². The molecule has 128 valence electrons. The van der Waals surface area contributed by atoms with Gasteiger partial charge in [-0.3, -0.25) is 4.79 Å². The SMILES string of the molecule is CC(C)=CCc1c(O)c2c(c3c1OC(C)(C)C=C3)O[C@@H](O)CC2=O. The van der Waals surface area contributed by atoms with Crippen molar-refractivity contribution in [2.75, 3.05) is 0 Å². The molecule has 0 fully saturated rings. The van der Waals surface area contributed by atoms with Crippen molar-refractivity contribution in [2.45, 2.75) is 52.4 Å². The van der Waals surface area contributed by atoms with Crippen molar-refractivity contribution in [3.8, 4) is 17.2 Å². The molecular formula is C19H22O5. The van der Waals surface area contributed by atoms with E-state index in [0.717, 1.165) is 5.57 Å². The van der Waals surface area contributed by atoms with Crippen LogP contribution in [-0.2, 0) is 6.42 Å². The fourth-order valence-electron chi connectivity index (χ4n) is 2.93. The van der Waals surface area contributed by atoms with Gasteiger partial charge < -0.3 is 19.7 Å². The fourth-order valence-corrected chi connectivity index (χ4v) is 2.93. The number of hydrogen-bond acceptors (Lipinski definition) is 5. The normalized spacial score (nSPS) is 20.5. The van der Waals surface area contributed by atoms with Crippen LogP contribution in [0.4, 0.5) is 0 Å². The van der Waals surface area contributed by atoms with Gasteiger partial charge in [-0.05, 0) is 46.3 Å². The van der Waals surface area contributed by atoms with Gasteiger partial charge in [-0.25, -0.2) is 0 Å². The summed E-state index contributed by atoms with van der Waals surface area (Å²) in [5.74, 6) is 0.238. The van der Waals surface area contributed by atoms with Gasteiger partial charge in [-0.2, -0.15) is 0 Å². The van der Waals surface area contributed by atoms with Gasteiger partial charge in [0.1, 0.15) is 28.4 Å². The molecule has 5 nitrogen and oxygen atoms in total. The number of ether oxygens (including phenoxy) is 2. The van der Waals surface area contributed by atoms with E-state index in [1.807, 2.05) is 45.9 Å². The molecule has 0 unspecified atom stereocenters. The standard InChI is InChI=1S/C19H22O5/c1-10(2)5-6-11-16(22)15-13(20)9-14(21)23-18(15)12-7-8-19(3,4)24-17(11)12/h5,7-8,14,21-22H,6,9H2,1-4H3/t14-/m1/s1. The molecule has 0 saturated carbocycles. The Bertz CT molecular complexity index is 767. The van der Waals surface area contributed by atoms with Crippen LogP contribution >= 0.6 is 0 Å². The Kier molecular flexibility index (Phi) is 3.92. The first-order chi connectivity index (χ1) is 11.2. The molecule has 0 aliphatic carbocycles. The summed E-state index contributed by atoms with van der Waals surface area (Å²) in [6.45, 7) is 7.76. The summed E-state index contributed by atoms with van der Waals surface area (Å²) in [4.78, 5) is 12.3. The van der Waals surface area contributed by atoms with E-state index in [4.69, 9.17) is 9.47 Å². The number of carbonyl (C=O) groups excluding carboxylic acids is 1. The van der Waals surface area contributed by atoms with Gasteiger partial charge in [0, 0.05) is 5.56 Å². The van der Waals surface area contributed by atoms with Crippen molar-refractivity contribution >= 4 is 11.9 Å². The number of hydrogen-bond donors (Lipinski definition) is 2. The predicted octanol–water partition coefficient (Wildman–Crippen LogP) is 3.37. The van der Waals surface area contributed by atoms with E-state index in [1.54, 1.807) is 0 Å². The predicted molar refractivity (Wildman–Crippen MR) is 90.6 cm³/mol. The van der Waals surface area contributed by atoms with Crippen molar-refractivity contribution < 1.29 is 24.5 Å². The molecule has 1 atom stereocenters. The highest BCUT2D eigenvalue weighted by molar-refractivity contribution is 6.04. The second-order valence-electron chi connectivity index (χ2n) is 7.00. The van der Waals surface area contributed by atoms with E-state index in [0.29, 0.717) is 23.3 Å². The van der Waals surface area contributed by atoms with Crippen molar-refractivity contribution in [3.05, 3.63) is 34.4 Å². The molecule has 2 aliphatic rings. The van der Waals surface area contributed by atoms with Crippen molar-refractivity contribution in [2.24, 2.45) is 0 Å². The molecule has 2 aliphatic heterocycles. The summed E-state index contributed by atoms with van der Waals surface area (Å²) in [6, 6.07) is 0. The fraction of sp³-hybridized carbons (Fsp3) is 0.421. The highest BCUT2D eigenvalue weighted by Gasteiger charge is 2.37. The Morgan fingerprint density at radius 3 is 2.75 bits per heavy atom. The molecular weight excluding hydrogens is 308 g/mol. The van der Waals surface area contributed by atoms with Gasteiger partial charge in [0.2, 0.25) is 6.29 Å². The molecule has 24 heavy (non-hydrogen) atoms. The minimum Gasteiger partial charge on any atom is -0.507 e. The number of ketones is 1. The average Bonchev–Trinajstić information content (AvgIpc) is 2.44. The third kappa shape index (κ3) is 2.80. The van der Waals surface area contributed by atoms with E-state index in [1.165, 1.54) is 0 Å². The van der Waals surface area contributed by atoms with Crippen LogP contribution in [0.2, 0.25) is 0 Å². The number of aliphatic hydroxyl groups is 1. The Morgan fingerprint density at radius 1 is 1.38 bits per heavy atom. The summed E-state index contributed by atoms with van der Waals surface area (Å²) < 4.78 is 11.5. The minimum atomic E-state index is -1.21. The summed E-state index contributed by atoms with van der Waals surface area (Å²) in [6.07, 6.45) is 4.74. The number of carbonyl (C=O) groups is 1. The van der Waals surface area contributed by atoms with Crippen LogP contribution in [0.1, 0.15) is 55.6 Å².